The van der Waals surface area contributed by atoms with Crippen molar-refractivity contribution >= 4 is 34.3 Å². The summed E-state index contributed by atoms with van der Waals surface area (Å²) >= 11 is 2.22. The van der Waals surface area contributed by atoms with Crippen LogP contribution in [0.4, 0.5) is 10.5 Å². The number of carbonyl (C=O) groups is 1. The summed E-state index contributed by atoms with van der Waals surface area (Å²) in [5.74, 6) is 0. The molecule has 0 fully saturated rings. The first-order valence-electron chi connectivity index (χ1n) is 4.95. The molecule has 16 heavy (non-hydrogen) atoms. The molecule has 0 saturated heterocycles. The molecule has 5 heteroatoms. The second-order valence-electron chi connectivity index (χ2n) is 3.39. The van der Waals surface area contributed by atoms with Crippen LogP contribution in [0.1, 0.15) is 6.92 Å². The largest absolute Gasteiger partial charge is 0.380 e. The van der Waals surface area contributed by atoms with E-state index in [9.17, 15) is 4.79 Å². The number of amides is 2. The number of urea groups is 1. The Morgan fingerprint density at radius 3 is 2.62 bits per heavy atom. The van der Waals surface area contributed by atoms with Crippen LogP contribution in [0, 0.1) is 3.57 Å². The Morgan fingerprint density at radius 1 is 1.44 bits per heavy atom. The van der Waals surface area contributed by atoms with Gasteiger partial charge >= 0.3 is 6.03 Å². The maximum atomic E-state index is 11.4. The molecule has 0 spiro atoms. The van der Waals surface area contributed by atoms with Gasteiger partial charge in [0.25, 0.3) is 0 Å². The lowest BCUT2D eigenvalue weighted by Gasteiger charge is -2.11. The van der Waals surface area contributed by atoms with E-state index < -0.39 is 0 Å². The van der Waals surface area contributed by atoms with Crippen LogP contribution >= 0.6 is 22.6 Å². The average molecular weight is 334 g/mol. The monoisotopic (exact) mass is 334 g/mol. The molecule has 4 nitrogen and oxygen atoms in total. The van der Waals surface area contributed by atoms with Crippen LogP contribution in [0.3, 0.4) is 0 Å². The normalized spacial score (nSPS) is 11.9. The minimum Gasteiger partial charge on any atom is -0.380 e. The van der Waals surface area contributed by atoms with Gasteiger partial charge < -0.3 is 15.4 Å². The summed E-state index contributed by atoms with van der Waals surface area (Å²) in [6.07, 6.45) is 0.0162. The summed E-state index contributed by atoms with van der Waals surface area (Å²) in [6, 6.07) is 7.38. The minimum atomic E-state index is -0.217. The maximum Gasteiger partial charge on any atom is 0.319 e. The Morgan fingerprint density at radius 2 is 2.06 bits per heavy atom. The first kappa shape index (κ1) is 13.2. The Hall–Kier alpha value is -0.820. The van der Waals surface area contributed by atoms with Crippen molar-refractivity contribution < 1.29 is 9.53 Å². The van der Waals surface area contributed by atoms with E-state index in [0.717, 1.165) is 9.26 Å². The number of hydrogen-bond acceptors (Lipinski definition) is 2. The van der Waals surface area contributed by atoms with Gasteiger partial charge in [-0.3, -0.25) is 0 Å². The van der Waals surface area contributed by atoms with Gasteiger partial charge in [-0.25, -0.2) is 4.79 Å². The summed E-state index contributed by atoms with van der Waals surface area (Å²) in [7, 11) is 1.61. The minimum absolute atomic E-state index is 0.0162. The van der Waals surface area contributed by atoms with Gasteiger partial charge in [-0.2, -0.15) is 0 Å². The highest BCUT2D eigenvalue weighted by Gasteiger charge is 2.03. The molecule has 0 heterocycles. The van der Waals surface area contributed by atoms with E-state index in [1.54, 1.807) is 7.11 Å². The van der Waals surface area contributed by atoms with E-state index in [-0.39, 0.29) is 12.1 Å². The molecule has 0 aliphatic rings. The van der Waals surface area contributed by atoms with Gasteiger partial charge in [-0.15, -0.1) is 0 Å². The molecule has 0 aliphatic carbocycles. The van der Waals surface area contributed by atoms with Crippen molar-refractivity contribution in [2.24, 2.45) is 0 Å². The number of ether oxygens (including phenoxy) is 1. The molecular formula is C11H15IN2O2. The summed E-state index contributed by atoms with van der Waals surface area (Å²) in [4.78, 5) is 11.4. The van der Waals surface area contributed by atoms with Gasteiger partial charge in [-0.05, 0) is 53.8 Å². The summed E-state index contributed by atoms with van der Waals surface area (Å²) in [5.41, 5.74) is 0.781. The first-order chi connectivity index (χ1) is 7.61. The molecule has 2 N–H and O–H groups in total. The van der Waals surface area contributed by atoms with Crippen LogP contribution in [0.5, 0.6) is 0 Å². The predicted molar refractivity (Wildman–Crippen MR) is 72.7 cm³/mol. The number of benzene rings is 1. The SMILES string of the molecule is CO[C@@H](C)CNC(=O)Nc1ccc(I)cc1. The topological polar surface area (TPSA) is 50.4 Å². The van der Waals surface area contributed by atoms with Crippen molar-refractivity contribution in [2.45, 2.75) is 13.0 Å². The van der Waals surface area contributed by atoms with Crippen LogP contribution in [-0.2, 0) is 4.74 Å². The molecule has 0 saturated carbocycles. The van der Waals surface area contributed by atoms with Crippen LogP contribution in [0.25, 0.3) is 0 Å². The maximum absolute atomic E-state index is 11.4. The van der Waals surface area contributed by atoms with Gasteiger partial charge in [0.1, 0.15) is 0 Å². The lowest BCUT2D eigenvalue weighted by atomic mass is 10.3. The Kier molecular flexibility index (Phi) is 5.54. The van der Waals surface area contributed by atoms with Gasteiger partial charge in [0.2, 0.25) is 0 Å². The van der Waals surface area contributed by atoms with Crippen molar-refractivity contribution in [3.05, 3.63) is 27.8 Å². The Bertz CT molecular complexity index is 340. The van der Waals surface area contributed by atoms with Crippen molar-refractivity contribution in [1.82, 2.24) is 5.32 Å². The fourth-order valence-electron chi connectivity index (χ4n) is 1.03. The third-order valence-electron chi connectivity index (χ3n) is 2.05. The molecule has 0 aliphatic heterocycles. The van der Waals surface area contributed by atoms with E-state index in [0.29, 0.717) is 6.54 Å². The smallest absolute Gasteiger partial charge is 0.319 e. The van der Waals surface area contributed by atoms with Gasteiger partial charge in [0, 0.05) is 22.9 Å². The van der Waals surface area contributed by atoms with Crippen LogP contribution in [0.2, 0.25) is 0 Å². The highest BCUT2D eigenvalue weighted by atomic mass is 127. The zero-order valence-corrected chi connectivity index (χ0v) is 11.4. The third kappa shape index (κ3) is 4.80. The highest BCUT2D eigenvalue weighted by Crippen LogP contribution is 2.10. The van der Waals surface area contributed by atoms with Crippen molar-refractivity contribution in [1.29, 1.82) is 0 Å². The van der Waals surface area contributed by atoms with E-state index >= 15 is 0 Å². The van der Waals surface area contributed by atoms with Crippen molar-refractivity contribution in [3.8, 4) is 0 Å². The number of carbonyl (C=O) groups excluding carboxylic acids is 1. The molecule has 0 bridgehead atoms. The molecule has 2 amide bonds. The number of hydrogen-bond donors (Lipinski definition) is 2. The van der Waals surface area contributed by atoms with Gasteiger partial charge in [0.05, 0.1) is 6.10 Å². The standard InChI is InChI=1S/C11H15IN2O2/c1-8(16-2)7-13-11(15)14-10-5-3-9(12)4-6-10/h3-6,8H,7H2,1-2H3,(H2,13,14,15)/t8-/m0/s1. The zero-order chi connectivity index (χ0) is 12.0. The number of methoxy groups -OCH3 is 1. The predicted octanol–water partition coefficient (Wildman–Crippen LogP) is 2.45. The number of halogens is 1. The molecule has 0 radical (unpaired) electrons. The average Bonchev–Trinajstić information content (AvgIpc) is 2.29. The molecule has 88 valence electrons. The van der Waals surface area contributed by atoms with Crippen molar-refractivity contribution in [2.75, 3.05) is 19.0 Å². The third-order valence-corrected chi connectivity index (χ3v) is 2.77. The van der Waals surface area contributed by atoms with Crippen molar-refractivity contribution in [3.63, 3.8) is 0 Å². The van der Waals surface area contributed by atoms with E-state index in [2.05, 4.69) is 33.2 Å². The molecule has 1 aromatic carbocycles. The first-order valence-corrected chi connectivity index (χ1v) is 6.03. The molecule has 0 unspecified atom stereocenters. The highest BCUT2D eigenvalue weighted by molar-refractivity contribution is 14.1. The second-order valence-corrected chi connectivity index (χ2v) is 4.63. The summed E-state index contributed by atoms with van der Waals surface area (Å²) < 4.78 is 6.16. The quantitative estimate of drug-likeness (QED) is 0.831. The second kappa shape index (κ2) is 6.70. The van der Waals surface area contributed by atoms with Crippen LogP contribution in [0.15, 0.2) is 24.3 Å². The zero-order valence-electron chi connectivity index (χ0n) is 9.29. The number of nitrogens with one attached hydrogen (secondary N) is 2. The number of anilines is 1. The summed E-state index contributed by atoms with van der Waals surface area (Å²) in [5, 5.41) is 5.46. The molecule has 0 aromatic heterocycles. The lowest BCUT2D eigenvalue weighted by Crippen LogP contribution is -2.34. The van der Waals surface area contributed by atoms with Crippen LogP contribution in [-0.4, -0.2) is 25.8 Å². The molecule has 1 rings (SSSR count). The Labute approximate surface area is 109 Å². The molecular weight excluding hydrogens is 319 g/mol. The molecule has 1 aromatic rings. The van der Waals surface area contributed by atoms with Gasteiger partial charge in [-0.1, -0.05) is 0 Å². The van der Waals surface area contributed by atoms with E-state index in [1.165, 1.54) is 0 Å². The Balaban J connectivity index is 2.37. The van der Waals surface area contributed by atoms with Crippen LogP contribution < -0.4 is 10.6 Å². The summed E-state index contributed by atoms with van der Waals surface area (Å²) in [6.45, 7) is 2.39. The number of rotatable bonds is 4. The van der Waals surface area contributed by atoms with E-state index in [4.69, 9.17) is 4.74 Å². The lowest BCUT2D eigenvalue weighted by molar-refractivity contribution is 0.119. The fourth-order valence-corrected chi connectivity index (χ4v) is 1.39. The van der Waals surface area contributed by atoms with E-state index in [1.807, 2.05) is 31.2 Å². The fraction of sp³-hybridized carbons (Fsp3) is 0.364. The molecule has 1 atom stereocenters. The van der Waals surface area contributed by atoms with Gasteiger partial charge in [0.15, 0.2) is 0 Å².